The highest BCUT2D eigenvalue weighted by atomic mass is 35.5. The number of nitrogens with one attached hydrogen (secondary N) is 1. The lowest BCUT2D eigenvalue weighted by Crippen LogP contribution is -2.51. The molecule has 1 saturated carbocycles. The van der Waals surface area contributed by atoms with Crippen molar-refractivity contribution in [1.82, 2.24) is 10.2 Å². The molecule has 2 amide bonds. The minimum atomic E-state index is -0.501. The molecule has 1 unspecified atom stereocenters. The van der Waals surface area contributed by atoms with E-state index in [9.17, 15) is 9.59 Å². The van der Waals surface area contributed by atoms with Crippen molar-refractivity contribution in [2.24, 2.45) is 0 Å². The number of aryl methyl sites for hydroxylation is 1. The summed E-state index contributed by atoms with van der Waals surface area (Å²) in [5.41, 5.74) is 3.27. The van der Waals surface area contributed by atoms with Crippen LogP contribution in [0, 0.1) is 6.92 Å². The van der Waals surface area contributed by atoms with Crippen LogP contribution in [-0.2, 0) is 21.9 Å². The number of rotatable bonds is 10. The third-order valence-corrected chi connectivity index (χ3v) is 7.36. The fourth-order valence-corrected chi connectivity index (χ4v) is 5.19. The maximum absolute atomic E-state index is 13.3. The van der Waals surface area contributed by atoms with E-state index in [2.05, 4.69) is 36.5 Å². The smallest absolute Gasteiger partial charge is 0.243 e. The van der Waals surface area contributed by atoms with Crippen molar-refractivity contribution in [2.45, 2.75) is 70.3 Å². The molecule has 0 heterocycles. The molecule has 6 heteroatoms. The summed E-state index contributed by atoms with van der Waals surface area (Å²) in [6.07, 6.45) is 4.91. The zero-order chi connectivity index (χ0) is 22.9. The Balaban J connectivity index is 1.70. The summed E-state index contributed by atoms with van der Waals surface area (Å²) >= 11 is 7.97. The van der Waals surface area contributed by atoms with Gasteiger partial charge in [-0.05, 0) is 43.4 Å². The second-order valence-electron chi connectivity index (χ2n) is 8.51. The maximum atomic E-state index is 13.3. The van der Waals surface area contributed by atoms with E-state index in [0.29, 0.717) is 23.7 Å². The van der Waals surface area contributed by atoms with E-state index in [4.69, 9.17) is 11.6 Å². The highest BCUT2D eigenvalue weighted by molar-refractivity contribution is 7.99. The Bertz CT molecular complexity index is 897. The van der Waals surface area contributed by atoms with Crippen LogP contribution in [0.15, 0.2) is 48.5 Å². The Labute approximate surface area is 201 Å². The molecule has 2 aromatic rings. The summed E-state index contributed by atoms with van der Waals surface area (Å²) in [6, 6.07) is 15.6. The Morgan fingerprint density at radius 3 is 2.47 bits per heavy atom. The Kier molecular flexibility index (Phi) is 9.49. The first-order valence-corrected chi connectivity index (χ1v) is 13.0. The van der Waals surface area contributed by atoms with Gasteiger partial charge in [0.05, 0.1) is 5.75 Å². The van der Waals surface area contributed by atoms with E-state index in [1.807, 2.05) is 31.2 Å². The number of benzene rings is 2. The first-order valence-electron chi connectivity index (χ1n) is 11.4. The number of hydrogen-bond donors (Lipinski definition) is 1. The largest absolute Gasteiger partial charge is 0.352 e. The zero-order valence-electron chi connectivity index (χ0n) is 19.0. The van der Waals surface area contributed by atoms with Gasteiger partial charge in [0.1, 0.15) is 6.04 Å². The quantitative estimate of drug-likeness (QED) is 0.479. The summed E-state index contributed by atoms with van der Waals surface area (Å²) in [6.45, 7) is 4.36. The second-order valence-corrected chi connectivity index (χ2v) is 9.90. The van der Waals surface area contributed by atoms with Gasteiger partial charge in [0, 0.05) is 23.4 Å². The molecule has 0 aliphatic heterocycles. The van der Waals surface area contributed by atoms with Crippen molar-refractivity contribution in [3.05, 3.63) is 70.2 Å². The highest BCUT2D eigenvalue weighted by Gasteiger charge is 2.30. The predicted octanol–water partition coefficient (Wildman–Crippen LogP) is 5.75. The zero-order valence-corrected chi connectivity index (χ0v) is 20.6. The van der Waals surface area contributed by atoms with Crippen molar-refractivity contribution < 1.29 is 9.59 Å². The van der Waals surface area contributed by atoms with Crippen molar-refractivity contribution in [3.8, 4) is 0 Å². The number of carbonyl (C=O) groups is 2. The Morgan fingerprint density at radius 2 is 1.81 bits per heavy atom. The highest BCUT2D eigenvalue weighted by Crippen LogP contribution is 2.23. The summed E-state index contributed by atoms with van der Waals surface area (Å²) in [5, 5.41) is 3.79. The number of amides is 2. The molecule has 2 aromatic carbocycles. The maximum Gasteiger partial charge on any atom is 0.243 e. The van der Waals surface area contributed by atoms with E-state index in [0.717, 1.165) is 37.0 Å². The molecule has 1 fully saturated rings. The van der Waals surface area contributed by atoms with Gasteiger partial charge < -0.3 is 10.2 Å². The molecule has 0 bridgehead atoms. The van der Waals surface area contributed by atoms with Gasteiger partial charge in [-0.2, -0.15) is 0 Å². The second kappa shape index (κ2) is 12.3. The molecule has 1 N–H and O–H groups in total. The van der Waals surface area contributed by atoms with Crippen LogP contribution in [0.2, 0.25) is 5.02 Å². The van der Waals surface area contributed by atoms with Crippen LogP contribution in [-0.4, -0.2) is 34.6 Å². The topological polar surface area (TPSA) is 49.4 Å². The summed E-state index contributed by atoms with van der Waals surface area (Å²) in [4.78, 5) is 28.2. The van der Waals surface area contributed by atoms with Crippen molar-refractivity contribution in [1.29, 1.82) is 0 Å². The molecule has 0 spiro atoms. The van der Waals surface area contributed by atoms with E-state index in [1.54, 1.807) is 16.7 Å². The van der Waals surface area contributed by atoms with E-state index in [1.165, 1.54) is 11.1 Å². The molecular weight excluding hydrogens is 440 g/mol. The van der Waals surface area contributed by atoms with E-state index in [-0.39, 0.29) is 17.9 Å². The Hall–Kier alpha value is -1.98. The molecule has 32 heavy (non-hydrogen) atoms. The minimum absolute atomic E-state index is 0.0320. The lowest BCUT2D eigenvalue weighted by molar-refractivity contribution is -0.139. The van der Waals surface area contributed by atoms with Gasteiger partial charge in [-0.15, -0.1) is 11.8 Å². The van der Waals surface area contributed by atoms with Gasteiger partial charge in [0.15, 0.2) is 0 Å². The normalized spacial score (nSPS) is 14.8. The van der Waals surface area contributed by atoms with Crippen LogP contribution in [0.5, 0.6) is 0 Å². The van der Waals surface area contributed by atoms with Gasteiger partial charge in [0.2, 0.25) is 11.8 Å². The summed E-state index contributed by atoms with van der Waals surface area (Å²) in [5.74, 6) is 1.00. The Morgan fingerprint density at radius 1 is 1.12 bits per heavy atom. The average Bonchev–Trinajstić information content (AvgIpc) is 3.29. The molecule has 1 aliphatic carbocycles. The van der Waals surface area contributed by atoms with Crippen LogP contribution in [0.25, 0.3) is 0 Å². The summed E-state index contributed by atoms with van der Waals surface area (Å²) in [7, 11) is 0. The third kappa shape index (κ3) is 7.01. The molecule has 172 valence electrons. The van der Waals surface area contributed by atoms with E-state index >= 15 is 0 Å². The molecule has 3 rings (SSSR count). The van der Waals surface area contributed by atoms with Crippen molar-refractivity contribution in [2.75, 3.05) is 5.75 Å². The molecule has 4 nitrogen and oxygen atoms in total. The SMILES string of the molecule is CCC(C(=O)NC1CCCC1)N(Cc1ccccc1Cl)C(=O)CSCc1ccc(C)cc1. The van der Waals surface area contributed by atoms with Crippen LogP contribution in [0.4, 0.5) is 0 Å². The van der Waals surface area contributed by atoms with Crippen LogP contribution < -0.4 is 5.32 Å². The molecule has 0 saturated heterocycles. The molecule has 1 aliphatic rings. The van der Waals surface area contributed by atoms with Crippen molar-refractivity contribution in [3.63, 3.8) is 0 Å². The van der Waals surface area contributed by atoms with Gasteiger partial charge in [-0.25, -0.2) is 0 Å². The fraction of sp³-hybridized carbons (Fsp3) is 0.462. The molecular formula is C26H33ClN2O2S. The molecule has 1 atom stereocenters. The predicted molar refractivity (Wildman–Crippen MR) is 134 cm³/mol. The third-order valence-electron chi connectivity index (χ3n) is 6.00. The lowest BCUT2D eigenvalue weighted by Gasteiger charge is -2.31. The molecule has 0 radical (unpaired) electrons. The van der Waals surface area contributed by atoms with Crippen molar-refractivity contribution >= 4 is 35.2 Å². The van der Waals surface area contributed by atoms with Gasteiger partial charge >= 0.3 is 0 Å². The average molecular weight is 473 g/mol. The first-order chi connectivity index (χ1) is 15.5. The number of hydrogen-bond acceptors (Lipinski definition) is 3. The van der Waals surface area contributed by atoms with E-state index < -0.39 is 6.04 Å². The monoisotopic (exact) mass is 472 g/mol. The summed E-state index contributed by atoms with van der Waals surface area (Å²) < 4.78 is 0. The standard InChI is InChI=1S/C26H33ClN2O2S/c1-3-24(26(31)28-22-9-5-6-10-22)29(16-21-8-4-7-11-23(21)27)25(30)18-32-17-20-14-12-19(2)13-15-20/h4,7-8,11-15,22,24H,3,5-6,9-10,16-18H2,1-2H3,(H,28,31). The van der Waals surface area contributed by atoms with Gasteiger partial charge in [0.25, 0.3) is 0 Å². The van der Waals surface area contributed by atoms with Crippen LogP contribution >= 0.6 is 23.4 Å². The van der Waals surface area contributed by atoms with Gasteiger partial charge in [-0.3, -0.25) is 9.59 Å². The number of thioether (sulfide) groups is 1. The number of halogens is 1. The number of carbonyl (C=O) groups excluding carboxylic acids is 2. The first kappa shape index (κ1) is 24.7. The van der Waals surface area contributed by atoms with Crippen LogP contribution in [0.1, 0.15) is 55.7 Å². The van der Waals surface area contributed by atoms with Crippen LogP contribution in [0.3, 0.4) is 0 Å². The number of nitrogens with zero attached hydrogens (tertiary/aromatic N) is 1. The lowest BCUT2D eigenvalue weighted by atomic mass is 10.1. The fourth-order valence-electron chi connectivity index (χ4n) is 4.12. The minimum Gasteiger partial charge on any atom is -0.352 e. The molecule has 0 aromatic heterocycles. The van der Waals surface area contributed by atoms with Gasteiger partial charge in [-0.1, -0.05) is 79.4 Å².